The lowest BCUT2D eigenvalue weighted by Gasteiger charge is -2.40. The topological polar surface area (TPSA) is 159 Å². The van der Waals surface area contributed by atoms with Crippen LogP contribution in [0.1, 0.15) is 23.1 Å². The van der Waals surface area contributed by atoms with Crippen LogP contribution in [0.4, 0.5) is 5.95 Å². The average molecular weight is 707 g/mol. The Labute approximate surface area is 288 Å². The lowest BCUT2D eigenvalue weighted by Crippen LogP contribution is -2.48. The maximum atomic E-state index is 9.19. The van der Waals surface area contributed by atoms with Gasteiger partial charge in [-0.3, -0.25) is 14.0 Å². The predicted octanol–water partition coefficient (Wildman–Crippen LogP) is 4.57. The molecular formula is C35H42N6O6S2. The summed E-state index contributed by atoms with van der Waals surface area (Å²) in [5.41, 5.74) is 5.45. The molecule has 1 saturated heterocycles. The van der Waals surface area contributed by atoms with Crippen molar-refractivity contribution < 1.29 is 25.9 Å². The molecule has 5 aromatic rings. The van der Waals surface area contributed by atoms with E-state index in [1.807, 2.05) is 16.8 Å². The summed E-state index contributed by atoms with van der Waals surface area (Å²) in [7, 11) is -7.33. The van der Waals surface area contributed by atoms with Gasteiger partial charge in [-0.25, -0.2) is 9.97 Å². The number of anilines is 1. The lowest BCUT2D eigenvalue weighted by atomic mass is 9.67. The molecular weight excluding hydrogens is 665 g/mol. The largest absolute Gasteiger partial charge is 0.338 e. The molecule has 0 amide bonds. The highest BCUT2D eigenvalue weighted by Crippen LogP contribution is 2.42. The van der Waals surface area contributed by atoms with E-state index in [1.54, 1.807) is 6.33 Å². The maximum Gasteiger partial charge on any atom is 0.261 e. The molecule has 3 heterocycles. The molecule has 0 bridgehead atoms. The summed E-state index contributed by atoms with van der Waals surface area (Å²) in [6.45, 7) is 9.28. The zero-order chi connectivity index (χ0) is 35.5. The first kappa shape index (κ1) is 37.4. The van der Waals surface area contributed by atoms with Gasteiger partial charge in [-0.05, 0) is 29.7 Å². The Balaban J connectivity index is 0.000000477. The van der Waals surface area contributed by atoms with Crippen molar-refractivity contribution in [2.75, 3.05) is 50.1 Å². The van der Waals surface area contributed by atoms with E-state index >= 15 is 0 Å². The van der Waals surface area contributed by atoms with Crippen molar-refractivity contribution >= 4 is 37.3 Å². The Hall–Kier alpha value is -4.47. The zero-order valence-electron chi connectivity index (χ0n) is 27.6. The Morgan fingerprint density at radius 1 is 0.755 bits per heavy atom. The molecule has 2 aromatic heterocycles. The molecule has 0 radical (unpaired) electrons. The molecule has 260 valence electrons. The minimum Gasteiger partial charge on any atom is -0.338 e. The van der Waals surface area contributed by atoms with Gasteiger partial charge < -0.3 is 9.47 Å². The number of piperazine rings is 1. The molecule has 12 nitrogen and oxygen atoms in total. The number of imidazole rings is 1. The van der Waals surface area contributed by atoms with E-state index in [2.05, 4.69) is 117 Å². The van der Waals surface area contributed by atoms with Crippen LogP contribution in [0.3, 0.4) is 0 Å². The first-order valence-corrected chi connectivity index (χ1v) is 19.2. The number of hydrogen-bond donors (Lipinski definition) is 2. The highest BCUT2D eigenvalue weighted by molar-refractivity contribution is 7.85. The molecule has 0 unspecified atom stereocenters. The quantitative estimate of drug-likeness (QED) is 0.126. The van der Waals surface area contributed by atoms with Crippen LogP contribution >= 0.6 is 0 Å². The van der Waals surface area contributed by atoms with Crippen LogP contribution in [0.15, 0.2) is 116 Å². The Kier molecular flexibility index (Phi) is 12.8. The summed E-state index contributed by atoms with van der Waals surface area (Å²) >= 11 is 0. The van der Waals surface area contributed by atoms with Gasteiger partial charge in [-0.1, -0.05) is 97.1 Å². The molecule has 0 spiro atoms. The monoisotopic (exact) mass is 706 g/mol. The molecule has 14 heteroatoms. The first-order chi connectivity index (χ1) is 23.3. The molecule has 3 aromatic carbocycles. The molecule has 6 rings (SSSR count). The van der Waals surface area contributed by atoms with E-state index in [0.29, 0.717) is 19.1 Å². The Bertz CT molecular complexity index is 1860. The molecule has 1 aliphatic heterocycles. The fourth-order valence-electron chi connectivity index (χ4n) is 5.87. The van der Waals surface area contributed by atoms with Gasteiger partial charge in [0.1, 0.15) is 5.52 Å². The smallest absolute Gasteiger partial charge is 0.261 e. The zero-order valence-corrected chi connectivity index (χ0v) is 29.2. The number of allylic oxidation sites excluding steroid dienone is 1. The number of hydrogen-bond acceptors (Lipinski definition) is 9. The van der Waals surface area contributed by atoms with Gasteiger partial charge in [0.05, 0.1) is 25.0 Å². The SMILES string of the molecule is C=CCn1cnc2cnc(N3CCN(CCC(c4ccccc4)(c4ccccc4)c4ccccc4)CC3)nc21.CS(=O)(=O)O.CS(=O)(=O)O. The molecule has 49 heavy (non-hydrogen) atoms. The van der Waals surface area contributed by atoms with E-state index in [0.717, 1.165) is 56.3 Å². The van der Waals surface area contributed by atoms with Crippen molar-refractivity contribution in [2.24, 2.45) is 0 Å². The van der Waals surface area contributed by atoms with Crippen molar-refractivity contribution in [1.29, 1.82) is 0 Å². The predicted molar refractivity (Wildman–Crippen MR) is 193 cm³/mol. The third-order valence-corrected chi connectivity index (χ3v) is 7.93. The molecule has 0 atom stereocenters. The number of benzene rings is 3. The molecule has 1 fully saturated rings. The van der Waals surface area contributed by atoms with Crippen molar-refractivity contribution in [1.82, 2.24) is 24.4 Å². The fourth-order valence-corrected chi connectivity index (χ4v) is 5.87. The molecule has 0 aliphatic carbocycles. The standard InChI is InChI=1S/C33H34N6.2CH4O3S/c1-2-19-39-26-35-30-25-34-32(36-31(30)39)38-23-21-37(22-24-38)20-18-33(27-12-6-3-7-13-27,28-14-8-4-9-15-28)29-16-10-5-11-17-29;2*1-5(2,3)4/h2-17,25-26H,1,18-24H2;2*1H3,(H,2,3,4). The van der Waals surface area contributed by atoms with Crippen molar-refractivity contribution in [3.8, 4) is 0 Å². The number of rotatable bonds is 9. The highest BCUT2D eigenvalue weighted by Gasteiger charge is 2.36. The van der Waals surface area contributed by atoms with E-state index in [-0.39, 0.29) is 5.41 Å². The lowest BCUT2D eigenvalue weighted by molar-refractivity contribution is 0.241. The Morgan fingerprint density at radius 3 is 1.63 bits per heavy atom. The maximum absolute atomic E-state index is 9.19. The van der Waals surface area contributed by atoms with Crippen LogP contribution in [0.25, 0.3) is 11.2 Å². The van der Waals surface area contributed by atoms with E-state index < -0.39 is 20.2 Å². The fraction of sp³-hybridized carbons (Fsp3) is 0.286. The van der Waals surface area contributed by atoms with E-state index in [1.165, 1.54) is 16.7 Å². The van der Waals surface area contributed by atoms with Gasteiger partial charge in [0, 0.05) is 38.1 Å². The first-order valence-electron chi connectivity index (χ1n) is 15.6. The number of aromatic nitrogens is 4. The van der Waals surface area contributed by atoms with Crippen LogP contribution < -0.4 is 4.90 Å². The summed E-state index contributed by atoms with van der Waals surface area (Å²) in [5.74, 6) is 0.778. The van der Waals surface area contributed by atoms with Crippen LogP contribution in [-0.2, 0) is 32.2 Å². The molecule has 0 saturated carbocycles. The molecule has 2 N–H and O–H groups in total. The van der Waals surface area contributed by atoms with Crippen molar-refractivity contribution in [3.05, 3.63) is 133 Å². The van der Waals surface area contributed by atoms with Crippen LogP contribution in [-0.4, -0.2) is 95.6 Å². The Morgan fingerprint density at radius 2 is 1.20 bits per heavy atom. The van der Waals surface area contributed by atoms with Crippen molar-refractivity contribution in [3.63, 3.8) is 0 Å². The van der Waals surface area contributed by atoms with Crippen LogP contribution in [0, 0.1) is 0 Å². The van der Waals surface area contributed by atoms with Gasteiger partial charge in [0.15, 0.2) is 5.65 Å². The van der Waals surface area contributed by atoms with Crippen LogP contribution in [0.5, 0.6) is 0 Å². The van der Waals surface area contributed by atoms with Gasteiger partial charge in [-0.15, -0.1) is 6.58 Å². The third kappa shape index (κ3) is 11.0. The third-order valence-electron chi connectivity index (χ3n) is 7.93. The summed E-state index contributed by atoms with van der Waals surface area (Å²) in [6.07, 6.45) is 7.93. The summed E-state index contributed by atoms with van der Waals surface area (Å²) in [5, 5.41) is 0. The summed E-state index contributed by atoms with van der Waals surface area (Å²) < 4.78 is 53.8. The summed E-state index contributed by atoms with van der Waals surface area (Å²) in [6, 6.07) is 33.0. The minimum atomic E-state index is -3.67. The second-order valence-corrected chi connectivity index (χ2v) is 14.5. The highest BCUT2D eigenvalue weighted by atomic mass is 32.2. The van der Waals surface area contributed by atoms with Gasteiger partial charge in [0.2, 0.25) is 5.95 Å². The van der Waals surface area contributed by atoms with Gasteiger partial charge in [-0.2, -0.15) is 21.8 Å². The number of nitrogens with zero attached hydrogens (tertiary/aromatic N) is 6. The van der Waals surface area contributed by atoms with Crippen molar-refractivity contribution in [2.45, 2.75) is 18.4 Å². The second kappa shape index (κ2) is 16.8. The normalized spacial score (nSPS) is 13.9. The van der Waals surface area contributed by atoms with E-state index in [9.17, 15) is 16.8 Å². The van der Waals surface area contributed by atoms with Crippen LogP contribution in [0.2, 0.25) is 0 Å². The van der Waals surface area contributed by atoms with Gasteiger partial charge >= 0.3 is 0 Å². The molecule has 1 aliphatic rings. The number of fused-ring (bicyclic) bond motifs is 1. The van der Waals surface area contributed by atoms with Gasteiger partial charge in [0.25, 0.3) is 20.2 Å². The minimum absolute atomic E-state index is 0.224. The average Bonchev–Trinajstić information content (AvgIpc) is 3.47. The second-order valence-electron chi connectivity index (χ2n) is 11.6. The summed E-state index contributed by atoms with van der Waals surface area (Å²) in [4.78, 5) is 18.8. The van der Waals surface area contributed by atoms with E-state index in [4.69, 9.17) is 14.1 Å².